The molecule has 1 aliphatic rings. The third kappa shape index (κ3) is 3.85. The van der Waals surface area contributed by atoms with Crippen LogP contribution in [0.4, 0.5) is 5.82 Å². The molecule has 1 saturated heterocycles. The van der Waals surface area contributed by atoms with Crippen molar-refractivity contribution in [1.82, 2.24) is 9.71 Å². The van der Waals surface area contributed by atoms with E-state index in [1.165, 1.54) is 19.4 Å². The zero-order valence-electron chi connectivity index (χ0n) is 12.2. The smallest absolute Gasteiger partial charge is 0.242 e. The summed E-state index contributed by atoms with van der Waals surface area (Å²) in [7, 11) is -2.09. The molecule has 2 rings (SSSR count). The van der Waals surface area contributed by atoms with Crippen LogP contribution in [0.25, 0.3) is 0 Å². The van der Waals surface area contributed by atoms with Crippen molar-refractivity contribution in [1.29, 1.82) is 0 Å². The van der Waals surface area contributed by atoms with E-state index >= 15 is 0 Å². The Bertz CT molecular complexity index is 594. The number of rotatable bonds is 6. The lowest BCUT2D eigenvalue weighted by atomic mass is 10.2. The molecule has 1 fully saturated rings. The highest BCUT2D eigenvalue weighted by molar-refractivity contribution is 7.89. The minimum absolute atomic E-state index is 0.0687. The van der Waals surface area contributed by atoms with Crippen LogP contribution in [0.15, 0.2) is 17.2 Å². The van der Waals surface area contributed by atoms with Gasteiger partial charge in [-0.3, -0.25) is 0 Å². The first-order valence-corrected chi connectivity index (χ1v) is 8.72. The molecule has 1 atom stereocenters. The van der Waals surface area contributed by atoms with Gasteiger partial charge in [-0.15, -0.1) is 0 Å². The zero-order chi connectivity index (χ0) is 15.5. The molecule has 0 saturated carbocycles. The Morgan fingerprint density at radius 2 is 2.33 bits per heavy atom. The van der Waals surface area contributed by atoms with Gasteiger partial charge in [0.2, 0.25) is 10.0 Å². The summed E-state index contributed by atoms with van der Waals surface area (Å²) in [6.45, 7) is 3.53. The average Bonchev–Trinajstić information content (AvgIpc) is 2.85. The molecular weight excluding hydrogens is 314 g/mol. The minimum atomic E-state index is -3.60. The summed E-state index contributed by atoms with van der Waals surface area (Å²) in [4.78, 5) is 6.43. The highest BCUT2D eigenvalue weighted by Gasteiger charge is 2.25. The van der Waals surface area contributed by atoms with Crippen LogP contribution in [-0.4, -0.2) is 46.2 Å². The van der Waals surface area contributed by atoms with Crippen molar-refractivity contribution in [2.24, 2.45) is 0 Å². The molecule has 118 valence electrons. The van der Waals surface area contributed by atoms with Gasteiger partial charge in [0.05, 0.1) is 11.6 Å². The molecule has 8 heteroatoms. The second-order valence-corrected chi connectivity index (χ2v) is 7.23. The number of methoxy groups -OCH3 is 1. The first kappa shape index (κ1) is 16.5. The van der Waals surface area contributed by atoms with Gasteiger partial charge in [0.25, 0.3) is 0 Å². The Balaban J connectivity index is 2.18. The zero-order valence-corrected chi connectivity index (χ0v) is 13.7. The van der Waals surface area contributed by atoms with Gasteiger partial charge in [-0.05, 0) is 25.8 Å². The third-order valence-corrected chi connectivity index (χ3v) is 5.24. The second kappa shape index (κ2) is 6.91. The van der Waals surface area contributed by atoms with Crippen LogP contribution in [0.2, 0.25) is 5.02 Å². The first-order chi connectivity index (χ1) is 9.95. The van der Waals surface area contributed by atoms with Crippen molar-refractivity contribution >= 4 is 27.4 Å². The number of sulfonamides is 1. The molecule has 0 amide bonds. The van der Waals surface area contributed by atoms with E-state index in [0.29, 0.717) is 23.5 Å². The van der Waals surface area contributed by atoms with E-state index in [-0.39, 0.29) is 11.4 Å². The monoisotopic (exact) mass is 333 g/mol. The summed E-state index contributed by atoms with van der Waals surface area (Å²) in [5, 5.41) is 0.360. The van der Waals surface area contributed by atoms with Crippen LogP contribution in [-0.2, 0) is 14.8 Å². The van der Waals surface area contributed by atoms with Crippen molar-refractivity contribution in [3.05, 3.63) is 17.3 Å². The molecule has 1 aromatic rings. The Hall–Kier alpha value is -0.890. The Morgan fingerprint density at radius 3 is 2.90 bits per heavy atom. The van der Waals surface area contributed by atoms with Crippen molar-refractivity contribution in [3.8, 4) is 0 Å². The molecule has 0 bridgehead atoms. The van der Waals surface area contributed by atoms with Crippen LogP contribution in [0.3, 0.4) is 0 Å². The summed E-state index contributed by atoms with van der Waals surface area (Å²) in [6, 6.07) is 1.82. The first-order valence-electron chi connectivity index (χ1n) is 6.86. The van der Waals surface area contributed by atoms with Crippen LogP contribution in [0.1, 0.15) is 19.8 Å². The number of hydrogen-bond donors (Lipinski definition) is 1. The van der Waals surface area contributed by atoms with Crippen molar-refractivity contribution in [3.63, 3.8) is 0 Å². The molecule has 21 heavy (non-hydrogen) atoms. The maximum absolute atomic E-state index is 12.1. The van der Waals surface area contributed by atoms with Crippen molar-refractivity contribution in [2.45, 2.75) is 30.7 Å². The van der Waals surface area contributed by atoms with Crippen LogP contribution in [0, 0.1) is 0 Å². The standard InChI is InChI=1S/C13H20ClN3O3S/c1-10-4-3-6-17(10)13-12(14)8-11(9-15-13)21(18,19)16-5-7-20-2/h8-10,16H,3-7H2,1-2H3. The molecule has 0 radical (unpaired) electrons. The average molecular weight is 334 g/mol. The molecule has 2 heterocycles. The number of nitrogens with zero attached hydrogens (tertiary/aromatic N) is 2. The normalized spacial score (nSPS) is 19.2. The SMILES string of the molecule is COCCNS(=O)(=O)c1cnc(N2CCCC2C)c(Cl)c1. The van der Waals surface area contributed by atoms with Crippen LogP contribution < -0.4 is 9.62 Å². The van der Waals surface area contributed by atoms with Gasteiger partial charge in [0, 0.05) is 32.4 Å². The summed E-state index contributed by atoms with van der Waals surface area (Å²) in [5.74, 6) is 0.650. The van der Waals surface area contributed by atoms with Gasteiger partial charge in [-0.25, -0.2) is 18.1 Å². The number of nitrogens with one attached hydrogen (secondary N) is 1. The van der Waals surface area contributed by atoms with E-state index in [0.717, 1.165) is 19.4 Å². The number of hydrogen-bond acceptors (Lipinski definition) is 5. The van der Waals surface area contributed by atoms with Gasteiger partial charge in [-0.1, -0.05) is 11.6 Å². The fourth-order valence-corrected chi connectivity index (χ4v) is 3.70. The lowest BCUT2D eigenvalue weighted by Gasteiger charge is -2.23. The number of pyridine rings is 1. The molecule has 0 aliphatic carbocycles. The Kier molecular flexibility index (Phi) is 5.43. The molecule has 1 N–H and O–H groups in total. The molecule has 6 nitrogen and oxygen atoms in total. The topological polar surface area (TPSA) is 71.5 Å². The minimum Gasteiger partial charge on any atom is -0.383 e. The molecule has 0 aromatic carbocycles. The molecular formula is C13H20ClN3O3S. The van der Waals surface area contributed by atoms with Crippen molar-refractivity contribution in [2.75, 3.05) is 31.7 Å². The largest absolute Gasteiger partial charge is 0.383 e. The van der Waals surface area contributed by atoms with E-state index in [2.05, 4.69) is 21.5 Å². The third-order valence-electron chi connectivity index (χ3n) is 3.53. The van der Waals surface area contributed by atoms with Gasteiger partial charge < -0.3 is 9.64 Å². The summed E-state index contributed by atoms with van der Waals surface area (Å²) in [5.41, 5.74) is 0. The summed E-state index contributed by atoms with van der Waals surface area (Å²) in [6.07, 6.45) is 3.54. The van der Waals surface area contributed by atoms with E-state index in [1.54, 1.807) is 0 Å². The Morgan fingerprint density at radius 1 is 1.57 bits per heavy atom. The number of anilines is 1. The second-order valence-electron chi connectivity index (χ2n) is 5.05. The predicted octanol–water partition coefficient (Wildman–Crippen LogP) is 1.65. The fourth-order valence-electron chi connectivity index (χ4n) is 2.38. The summed E-state index contributed by atoms with van der Waals surface area (Å²) < 4.78 is 31.4. The fraction of sp³-hybridized carbons (Fsp3) is 0.615. The van der Waals surface area contributed by atoms with E-state index < -0.39 is 10.0 Å². The molecule has 1 unspecified atom stereocenters. The lowest BCUT2D eigenvalue weighted by Crippen LogP contribution is -2.29. The highest BCUT2D eigenvalue weighted by atomic mass is 35.5. The maximum atomic E-state index is 12.1. The van der Waals surface area contributed by atoms with E-state index in [1.807, 2.05) is 0 Å². The van der Waals surface area contributed by atoms with E-state index in [4.69, 9.17) is 16.3 Å². The van der Waals surface area contributed by atoms with Gasteiger partial charge >= 0.3 is 0 Å². The van der Waals surface area contributed by atoms with Crippen LogP contribution >= 0.6 is 11.6 Å². The van der Waals surface area contributed by atoms with Crippen LogP contribution in [0.5, 0.6) is 0 Å². The molecule has 0 spiro atoms. The number of ether oxygens (including phenoxy) is 1. The maximum Gasteiger partial charge on any atom is 0.242 e. The number of halogens is 1. The highest BCUT2D eigenvalue weighted by Crippen LogP contribution is 2.31. The van der Waals surface area contributed by atoms with E-state index in [9.17, 15) is 8.42 Å². The quantitative estimate of drug-likeness (QED) is 0.801. The van der Waals surface area contributed by atoms with Crippen molar-refractivity contribution < 1.29 is 13.2 Å². The number of aromatic nitrogens is 1. The van der Waals surface area contributed by atoms with Gasteiger partial charge in [-0.2, -0.15) is 0 Å². The predicted molar refractivity (Wildman–Crippen MR) is 82.4 cm³/mol. The summed E-state index contributed by atoms with van der Waals surface area (Å²) >= 11 is 6.22. The van der Waals surface area contributed by atoms with Gasteiger partial charge in [0.15, 0.2) is 0 Å². The molecule has 1 aliphatic heterocycles. The Labute approximate surface area is 130 Å². The molecule has 1 aromatic heterocycles. The van der Waals surface area contributed by atoms with Gasteiger partial charge in [0.1, 0.15) is 10.7 Å². The lowest BCUT2D eigenvalue weighted by molar-refractivity contribution is 0.204.